The van der Waals surface area contributed by atoms with E-state index in [0.717, 1.165) is 0 Å². The van der Waals surface area contributed by atoms with Crippen LogP contribution < -0.4 is 21.3 Å². The van der Waals surface area contributed by atoms with E-state index in [0.29, 0.717) is 31.4 Å². The lowest BCUT2D eigenvalue weighted by Gasteiger charge is -2.29. The van der Waals surface area contributed by atoms with Crippen LogP contribution >= 0.6 is 0 Å². The number of nitro groups is 1. The van der Waals surface area contributed by atoms with Gasteiger partial charge in [-0.3, -0.25) is 38.9 Å². The molecule has 4 unspecified atom stereocenters. The molecule has 224 valence electrons. The molecule has 1 aromatic rings. The second-order valence-electron chi connectivity index (χ2n) is 9.75. The van der Waals surface area contributed by atoms with Crippen molar-refractivity contribution in [1.29, 1.82) is 0 Å². The molecule has 1 aromatic carbocycles. The summed E-state index contributed by atoms with van der Waals surface area (Å²) in [4.78, 5) is 85.7. The molecule has 15 heteroatoms. The maximum atomic E-state index is 13.2. The number of hydrogen-bond acceptors (Lipinski definition) is 8. The first-order chi connectivity index (χ1) is 19.3. The molecule has 0 aliphatic carbocycles. The van der Waals surface area contributed by atoms with E-state index < -0.39 is 64.6 Å². The van der Waals surface area contributed by atoms with Gasteiger partial charge < -0.3 is 31.3 Å². The van der Waals surface area contributed by atoms with Gasteiger partial charge in [0.1, 0.15) is 24.2 Å². The zero-order chi connectivity index (χ0) is 30.7. The quantitative estimate of drug-likeness (QED) is 0.155. The highest BCUT2D eigenvalue weighted by Gasteiger charge is 2.38. The molecule has 1 aliphatic rings. The fraction of sp³-hybridized carbons (Fsp3) is 0.538. The molecule has 5 amide bonds. The number of carbonyl (C=O) groups excluding carboxylic acids is 5. The Kier molecular flexibility index (Phi) is 12.2. The van der Waals surface area contributed by atoms with Crippen LogP contribution in [0.1, 0.15) is 59.3 Å². The number of nitrogens with one attached hydrogen (secondary N) is 4. The van der Waals surface area contributed by atoms with Gasteiger partial charge in [0.05, 0.1) is 11.3 Å². The number of non-ortho nitro benzene ring substituents is 1. The predicted octanol–water partition coefficient (Wildman–Crippen LogP) is 0.683. The van der Waals surface area contributed by atoms with Gasteiger partial charge in [-0.25, -0.2) is 0 Å². The minimum Gasteiger partial charge on any atom is -0.481 e. The first-order valence-corrected chi connectivity index (χ1v) is 13.3. The SMILES string of the molecule is CCCC(NC(=O)C1CCCN1C(=O)C(C)NC(=O)C(C)NC(=O)CCC(=O)O)C(=O)Nc1ccc([N+](=O)[O-])cc1. The number of likely N-dealkylation sites (tertiary alicyclic amines) is 1. The van der Waals surface area contributed by atoms with Crippen LogP contribution in [0.15, 0.2) is 24.3 Å². The van der Waals surface area contributed by atoms with E-state index in [-0.39, 0.29) is 25.1 Å². The lowest BCUT2D eigenvalue weighted by Crippen LogP contribution is -2.56. The predicted molar refractivity (Wildman–Crippen MR) is 145 cm³/mol. The summed E-state index contributed by atoms with van der Waals surface area (Å²) in [5.41, 5.74) is 0.193. The van der Waals surface area contributed by atoms with Crippen molar-refractivity contribution >= 4 is 46.9 Å². The van der Waals surface area contributed by atoms with Crippen molar-refractivity contribution in [3.63, 3.8) is 0 Å². The first kappa shape index (κ1) is 32.7. The molecule has 4 atom stereocenters. The minimum atomic E-state index is -1.15. The highest BCUT2D eigenvalue weighted by Crippen LogP contribution is 2.20. The summed E-state index contributed by atoms with van der Waals surface area (Å²) in [6, 6.07) is 1.45. The summed E-state index contributed by atoms with van der Waals surface area (Å²) in [5, 5.41) is 29.7. The zero-order valence-electron chi connectivity index (χ0n) is 23.2. The van der Waals surface area contributed by atoms with Crippen LogP contribution in [0.3, 0.4) is 0 Å². The van der Waals surface area contributed by atoms with Crippen LogP contribution in [-0.4, -0.2) is 81.1 Å². The standard InChI is InChI=1S/C26H36N6O9/c1-4-6-19(24(37)29-17-8-10-18(11-9-17)32(40)41)30-25(38)20-7-5-14-31(20)26(39)16(3)28-23(36)15(2)27-21(33)12-13-22(34)35/h8-11,15-16,19-20H,4-7,12-14H2,1-3H3,(H,27,33)(H,28,36)(H,29,37)(H,30,38)(H,34,35). The second-order valence-corrected chi connectivity index (χ2v) is 9.75. The van der Waals surface area contributed by atoms with E-state index >= 15 is 0 Å². The largest absolute Gasteiger partial charge is 0.481 e. The Balaban J connectivity index is 1.97. The van der Waals surface area contributed by atoms with Crippen LogP contribution in [0.25, 0.3) is 0 Å². The number of nitro benzene ring substituents is 1. The van der Waals surface area contributed by atoms with Gasteiger partial charge in [-0.05, 0) is 45.2 Å². The van der Waals surface area contributed by atoms with Gasteiger partial charge in [0, 0.05) is 30.8 Å². The van der Waals surface area contributed by atoms with Crippen molar-refractivity contribution in [2.24, 2.45) is 0 Å². The summed E-state index contributed by atoms with van der Waals surface area (Å²) >= 11 is 0. The van der Waals surface area contributed by atoms with Crippen LogP contribution in [0.2, 0.25) is 0 Å². The molecule has 1 fully saturated rings. The van der Waals surface area contributed by atoms with Crippen molar-refractivity contribution in [2.45, 2.75) is 83.5 Å². The molecule has 0 spiro atoms. The highest BCUT2D eigenvalue weighted by molar-refractivity contribution is 5.99. The van der Waals surface area contributed by atoms with Gasteiger partial charge in [0.25, 0.3) is 5.69 Å². The molecule has 1 aliphatic heterocycles. The molecule has 15 nitrogen and oxygen atoms in total. The van der Waals surface area contributed by atoms with Gasteiger partial charge in [-0.1, -0.05) is 13.3 Å². The van der Waals surface area contributed by atoms with Crippen LogP contribution in [0, 0.1) is 10.1 Å². The molecule has 0 bridgehead atoms. The Morgan fingerprint density at radius 1 is 1.00 bits per heavy atom. The number of carboxylic acid groups (broad SMARTS) is 1. The number of nitrogens with zero attached hydrogens (tertiary/aromatic N) is 2. The second kappa shape index (κ2) is 15.3. The third-order valence-electron chi connectivity index (χ3n) is 6.46. The lowest BCUT2D eigenvalue weighted by atomic mass is 10.1. The Hall–Kier alpha value is -4.56. The third kappa shape index (κ3) is 9.85. The van der Waals surface area contributed by atoms with Crippen molar-refractivity contribution in [3.8, 4) is 0 Å². The van der Waals surface area contributed by atoms with Gasteiger partial charge in [-0.15, -0.1) is 0 Å². The summed E-state index contributed by atoms with van der Waals surface area (Å²) in [6.07, 6.45) is 1.10. The molecule has 41 heavy (non-hydrogen) atoms. The monoisotopic (exact) mass is 576 g/mol. The smallest absolute Gasteiger partial charge is 0.303 e. The van der Waals surface area contributed by atoms with Crippen molar-refractivity contribution in [1.82, 2.24) is 20.9 Å². The maximum absolute atomic E-state index is 13.2. The molecule has 5 N–H and O–H groups in total. The summed E-state index contributed by atoms with van der Waals surface area (Å²) in [7, 11) is 0. The first-order valence-electron chi connectivity index (χ1n) is 13.3. The normalized spacial score (nSPS) is 16.6. The number of rotatable bonds is 14. The average molecular weight is 577 g/mol. The Labute approximate surface area is 236 Å². The van der Waals surface area contributed by atoms with E-state index in [1.54, 1.807) is 0 Å². The van der Waals surface area contributed by atoms with Crippen molar-refractivity contribution in [2.75, 3.05) is 11.9 Å². The fourth-order valence-electron chi connectivity index (χ4n) is 4.27. The Bertz CT molecular complexity index is 1160. The summed E-state index contributed by atoms with van der Waals surface area (Å²) < 4.78 is 0. The van der Waals surface area contributed by atoms with Crippen molar-refractivity contribution < 1.29 is 38.8 Å². The van der Waals surface area contributed by atoms with Crippen LogP contribution in [0.5, 0.6) is 0 Å². The Morgan fingerprint density at radius 3 is 2.24 bits per heavy atom. The molecular weight excluding hydrogens is 540 g/mol. The van der Waals surface area contributed by atoms with Crippen LogP contribution in [0.4, 0.5) is 11.4 Å². The van der Waals surface area contributed by atoms with E-state index in [1.165, 1.54) is 43.0 Å². The lowest BCUT2D eigenvalue weighted by molar-refractivity contribution is -0.384. The van der Waals surface area contributed by atoms with E-state index in [4.69, 9.17) is 5.11 Å². The average Bonchev–Trinajstić information content (AvgIpc) is 3.41. The van der Waals surface area contributed by atoms with Crippen molar-refractivity contribution in [3.05, 3.63) is 34.4 Å². The highest BCUT2D eigenvalue weighted by atomic mass is 16.6. The number of benzene rings is 1. The maximum Gasteiger partial charge on any atom is 0.303 e. The van der Waals surface area contributed by atoms with Gasteiger partial charge in [-0.2, -0.15) is 0 Å². The molecule has 1 saturated heterocycles. The van der Waals surface area contributed by atoms with Gasteiger partial charge >= 0.3 is 5.97 Å². The molecule has 0 radical (unpaired) electrons. The minimum absolute atomic E-state index is 0.132. The fourth-order valence-corrected chi connectivity index (χ4v) is 4.27. The number of carbonyl (C=O) groups is 6. The van der Waals surface area contributed by atoms with Gasteiger partial charge in [0.2, 0.25) is 29.5 Å². The number of hydrogen-bond donors (Lipinski definition) is 5. The van der Waals surface area contributed by atoms with E-state index in [9.17, 15) is 38.9 Å². The van der Waals surface area contributed by atoms with E-state index in [2.05, 4.69) is 21.3 Å². The number of carboxylic acids is 1. The molecule has 0 aromatic heterocycles. The molecular formula is C26H36N6O9. The summed E-state index contributed by atoms with van der Waals surface area (Å²) in [5.74, 6) is -3.96. The number of aliphatic carboxylic acids is 1. The zero-order valence-corrected chi connectivity index (χ0v) is 23.2. The Morgan fingerprint density at radius 2 is 1.66 bits per heavy atom. The molecule has 2 rings (SSSR count). The number of anilines is 1. The van der Waals surface area contributed by atoms with Crippen LogP contribution in [-0.2, 0) is 28.8 Å². The third-order valence-corrected chi connectivity index (χ3v) is 6.46. The molecule has 0 saturated carbocycles. The number of amides is 5. The molecule has 1 heterocycles. The summed E-state index contributed by atoms with van der Waals surface area (Å²) in [6.45, 7) is 4.95. The van der Waals surface area contributed by atoms with Gasteiger partial charge in [0.15, 0.2) is 0 Å². The topological polar surface area (TPSA) is 217 Å². The van der Waals surface area contributed by atoms with E-state index in [1.807, 2.05) is 6.92 Å².